The summed E-state index contributed by atoms with van der Waals surface area (Å²) in [5, 5.41) is 9.15. The highest BCUT2D eigenvalue weighted by Gasteiger charge is 2.09. The first-order valence-electron chi connectivity index (χ1n) is 5.38. The van der Waals surface area contributed by atoms with Crippen LogP contribution in [0.1, 0.15) is 18.1 Å². The van der Waals surface area contributed by atoms with E-state index in [4.69, 9.17) is 21.4 Å². The van der Waals surface area contributed by atoms with Gasteiger partial charge in [0, 0.05) is 16.7 Å². The fraction of sp³-hybridized carbons (Fsp3) is 0.214. The molecule has 0 unspecified atom stereocenters. The van der Waals surface area contributed by atoms with Crippen molar-refractivity contribution in [2.24, 2.45) is 0 Å². The third-order valence-corrected chi connectivity index (χ3v) is 2.67. The third kappa shape index (κ3) is 3.64. The zero-order valence-electron chi connectivity index (χ0n) is 10.5. The SMILES string of the molecule is COc1c(C)cc(Cl)cc1/C(C)=C/C=C/C(=O)O. The molecule has 0 saturated heterocycles. The lowest BCUT2D eigenvalue weighted by molar-refractivity contribution is -0.131. The first-order valence-corrected chi connectivity index (χ1v) is 5.76. The monoisotopic (exact) mass is 266 g/mol. The van der Waals surface area contributed by atoms with E-state index < -0.39 is 5.97 Å². The Morgan fingerprint density at radius 2 is 2.11 bits per heavy atom. The predicted molar refractivity (Wildman–Crippen MR) is 73.2 cm³/mol. The maximum absolute atomic E-state index is 10.4. The number of benzene rings is 1. The average Bonchev–Trinajstić information content (AvgIpc) is 2.27. The number of halogens is 1. The van der Waals surface area contributed by atoms with Crippen molar-refractivity contribution >= 4 is 23.1 Å². The van der Waals surface area contributed by atoms with Crippen molar-refractivity contribution in [3.05, 3.63) is 46.5 Å². The predicted octanol–water partition coefficient (Wildman–Crippen LogP) is 3.70. The Bertz CT molecular complexity index is 516. The van der Waals surface area contributed by atoms with Gasteiger partial charge < -0.3 is 9.84 Å². The van der Waals surface area contributed by atoms with E-state index in [9.17, 15) is 4.79 Å². The molecule has 4 heteroatoms. The molecule has 1 aromatic carbocycles. The van der Waals surface area contributed by atoms with E-state index in [1.807, 2.05) is 19.9 Å². The van der Waals surface area contributed by atoms with Crippen LogP contribution in [0.3, 0.4) is 0 Å². The second-order valence-corrected chi connectivity index (χ2v) is 4.29. The first-order chi connectivity index (χ1) is 8.45. The number of aliphatic carboxylic acids is 1. The van der Waals surface area contributed by atoms with Gasteiger partial charge in [0.2, 0.25) is 0 Å². The molecule has 0 fully saturated rings. The standard InChI is InChI=1S/C14H15ClO3/c1-9(5-4-6-13(16)17)12-8-11(15)7-10(2)14(12)18-3/h4-8H,1-3H3,(H,16,17)/b6-4+,9-5+. The van der Waals surface area contributed by atoms with Gasteiger partial charge >= 0.3 is 5.97 Å². The fourth-order valence-corrected chi connectivity index (χ4v) is 1.93. The summed E-state index contributed by atoms with van der Waals surface area (Å²) in [6, 6.07) is 3.62. The Kier molecular flexibility index (Phi) is 4.98. The van der Waals surface area contributed by atoms with Gasteiger partial charge in [-0.3, -0.25) is 0 Å². The summed E-state index contributed by atoms with van der Waals surface area (Å²) in [4.78, 5) is 10.4. The minimum Gasteiger partial charge on any atom is -0.496 e. The second-order valence-electron chi connectivity index (χ2n) is 3.85. The smallest absolute Gasteiger partial charge is 0.328 e. The number of allylic oxidation sites excluding steroid dienone is 3. The van der Waals surface area contributed by atoms with E-state index in [0.29, 0.717) is 5.02 Å². The topological polar surface area (TPSA) is 46.5 Å². The highest BCUT2D eigenvalue weighted by Crippen LogP contribution is 2.32. The van der Waals surface area contributed by atoms with Crippen LogP contribution in [0.4, 0.5) is 0 Å². The maximum atomic E-state index is 10.4. The second kappa shape index (κ2) is 6.26. The van der Waals surface area contributed by atoms with E-state index in [-0.39, 0.29) is 0 Å². The maximum Gasteiger partial charge on any atom is 0.328 e. The molecule has 0 bridgehead atoms. The van der Waals surface area contributed by atoms with Crippen molar-refractivity contribution in [2.75, 3.05) is 7.11 Å². The average molecular weight is 267 g/mol. The highest BCUT2D eigenvalue weighted by molar-refractivity contribution is 6.30. The lowest BCUT2D eigenvalue weighted by Crippen LogP contribution is -1.93. The number of hydrogen-bond acceptors (Lipinski definition) is 2. The molecule has 0 heterocycles. The van der Waals surface area contributed by atoms with Crippen molar-refractivity contribution in [3.8, 4) is 5.75 Å². The van der Waals surface area contributed by atoms with Crippen LogP contribution >= 0.6 is 11.6 Å². The van der Waals surface area contributed by atoms with Crippen molar-refractivity contribution < 1.29 is 14.6 Å². The van der Waals surface area contributed by atoms with E-state index >= 15 is 0 Å². The molecule has 3 nitrogen and oxygen atoms in total. The minimum atomic E-state index is -0.978. The molecule has 0 amide bonds. The summed E-state index contributed by atoms with van der Waals surface area (Å²) >= 11 is 6.01. The molecule has 0 aliphatic heterocycles. The molecule has 0 aliphatic rings. The van der Waals surface area contributed by atoms with Crippen molar-refractivity contribution in [1.82, 2.24) is 0 Å². The number of carboxylic acid groups (broad SMARTS) is 1. The van der Waals surface area contributed by atoms with Crippen LogP contribution < -0.4 is 4.74 Å². The molecule has 96 valence electrons. The van der Waals surface area contributed by atoms with Gasteiger partial charge in [0.25, 0.3) is 0 Å². The van der Waals surface area contributed by atoms with Gasteiger partial charge in [-0.05, 0) is 37.1 Å². The summed E-state index contributed by atoms with van der Waals surface area (Å²) in [6.07, 6.45) is 4.27. The van der Waals surface area contributed by atoms with E-state index in [2.05, 4.69) is 0 Å². The van der Waals surface area contributed by atoms with Gasteiger partial charge in [0.15, 0.2) is 0 Å². The molecule has 18 heavy (non-hydrogen) atoms. The molecule has 0 aliphatic carbocycles. The number of methoxy groups -OCH3 is 1. The number of ether oxygens (including phenoxy) is 1. The first kappa shape index (κ1) is 14.3. The van der Waals surface area contributed by atoms with Crippen molar-refractivity contribution in [1.29, 1.82) is 0 Å². The van der Waals surface area contributed by atoms with Crippen molar-refractivity contribution in [3.63, 3.8) is 0 Å². The van der Waals surface area contributed by atoms with Crippen LogP contribution in [0.5, 0.6) is 5.75 Å². The van der Waals surface area contributed by atoms with Crippen LogP contribution in [0, 0.1) is 6.92 Å². The molecule has 0 aromatic heterocycles. The number of rotatable bonds is 4. The van der Waals surface area contributed by atoms with Gasteiger partial charge in [-0.15, -0.1) is 0 Å². The minimum absolute atomic E-state index is 0.623. The van der Waals surface area contributed by atoms with Crippen LogP contribution in [0.25, 0.3) is 5.57 Å². The van der Waals surface area contributed by atoms with Crippen LogP contribution in [-0.2, 0) is 4.79 Å². The third-order valence-electron chi connectivity index (χ3n) is 2.45. The zero-order chi connectivity index (χ0) is 13.7. The zero-order valence-corrected chi connectivity index (χ0v) is 11.3. The Hall–Kier alpha value is -1.74. The molecule has 0 saturated carbocycles. The molecule has 0 radical (unpaired) electrons. The summed E-state index contributed by atoms with van der Waals surface area (Å²) in [7, 11) is 1.60. The van der Waals surface area contributed by atoms with E-state index in [1.165, 1.54) is 6.08 Å². The Morgan fingerprint density at radius 1 is 1.44 bits per heavy atom. The molecule has 0 spiro atoms. The van der Waals surface area contributed by atoms with E-state index in [1.54, 1.807) is 19.3 Å². The molecular formula is C14H15ClO3. The van der Waals surface area contributed by atoms with Gasteiger partial charge in [0.1, 0.15) is 5.75 Å². The largest absolute Gasteiger partial charge is 0.496 e. The van der Waals surface area contributed by atoms with Gasteiger partial charge in [-0.2, -0.15) is 0 Å². The highest BCUT2D eigenvalue weighted by atomic mass is 35.5. The Balaban J connectivity index is 3.19. The molecule has 1 N–H and O–H groups in total. The Labute approximate surface area is 111 Å². The quantitative estimate of drug-likeness (QED) is 0.668. The molecular weight excluding hydrogens is 252 g/mol. The lowest BCUT2D eigenvalue weighted by Gasteiger charge is -2.12. The summed E-state index contributed by atoms with van der Waals surface area (Å²) in [5.41, 5.74) is 2.68. The number of aryl methyl sites for hydroxylation is 1. The number of carbonyl (C=O) groups is 1. The van der Waals surface area contributed by atoms with Crippen LogP contribution in [0.2, 0.25) is 5.02 Å². The van der Waals surface area contributed by atoms with Gasteiger partial charge in [-0.1, -0.05) is 23.8 Å². The summed E-state index contributed by atoms with van der Waals surface area (Å²) in [6.45, 7) is 3.79. The normalized spacial score (nSPS) is 11.9. The summed E-state index contributed by atoms with van der Waals surface area (Å²) in [5.74, 6) is -0.231. The van der Waals surface area contributed by atoms with Crippen LogP contribution in [0.15, 0.2) is 30.4 Å². The molecule has 0 atom stereocenters. The van der Waals surface area contributed by atoms with E-state index in [0.717, 1.165) is 28.5 Å². The van der Waals surface area contributed by atoms with Crippen molar-refractivity contribution in [2.45, 2.75) is 13.8 Å². The summed E-state index contributed by atoms with van der Waals surface area (Å²) < 4.78 is 5.34. The lowest BCUT2D eigenvalue weighted by atomic mass is 10.0. The van der Waals surface area contributed by atoms with Gasteiger partial charge in [0.05, 0.1) is 7.11 Å². The van der Waals surface area contributed by atoms with Gasteiger partial charge in [-0.25, -0.2) is 4.79 Å². The Morgan fingerprint density at radius 3 is 2.67 bits per heavy atom. The van der Waals surface area contributed by atoms with Crippen LogP contribution in [-0.4, -0.2) is 18.2 Å². The number of hydrogen-bond donors (Lipinski definition) is 1. The molecule has 1 rings (SSSR count). The fourth-order valence-electron chi connectivity index (χ4n) is 1.66. The number of carboxylic acids is 1. The molecule has 1 aromatic rings.